The quantitative estimate of drug-likeness (QED) is 0.223. The highest BCUT2D eigenvalue weighted by molar-refractivity contribution is 6.07. The summed E-state index contributed by atoms with van der Waals surface area (Å²) < 4.78 is 0. The van der Waals surface area contributed by atoms with Crippen LogP contribution in [0.2, 0.25) is 0 Å². The van der Waals surface area contributed by atoms with Crippen molar-refractivity contribution in [1.29, 1.82) is 0 Å². The molecule has 5 rings (SSSR count). The zero-order valence-electron chi connectivity index (χ0n) is 25.2. The second kappa shape index (κ2) is 12.8. The Morgan fingerprint density at radius 3 is 1.90 bits per heavy atom. The third-order valence-corrected chi connectivity index (χ3v) is 8.09. The third kappa shape index (κ3) is 6.69. The number of aromatic hydroxyl groups is 2. The van der Waals surface area contributed by atoms with E-state index in [4.69, 9.17) is 15.0 Å². The van der Waals surface area contributed by atoms with Gasteiger partial charge in [0.2, 0.25) is 17.8 Å². The van der Waals surface area contributed by atoms with Crippen molar-refractivity contribution in [1.82, 2.24) is 15.0 Å². The van der Waals surface area contributed by atoms with E-state index in [1.54, 1.807) is 18.2 Å². The largest absolute Gasteiger partial charge is 0.507 e. The molecular weight excluding hydrogens is 530 g/mol. The maximum atomic E-state index is 13.3. The molecule has 10 heteroatoms. The minimum Gasteiger partial charge on any atom is -0.507 e. The van der Waals surface area contributed by atoms with Crippen molar-refractivity contribution < 1.29 is 15.0 Å². The Morgan fingerprint density at radius 2 is 1.38 bits per heavy atom. The average molecular weight is 574 g/mol. The first-order valence-electron chi connectivity index (χ1n) is 15.2. The number of anilines is 5. The summed E-state index contributed by atoms with van der Waals surface area (Å²) in [6.45, 7) is 11.8. The fourth-order valence-electron chi connectivity index (χ4n) is 5.54. The molecule has 0 atom stereocenters. The molecule has 10 nitrogen and oxygen atoms in total. The van der Waals surface area contributed by atoms with Crippen molar-refractivity contribution in [2.45, 2.75) is 78.1 Å². The van der Waals surface area contributed by atoms with Crippen LogP contribution in [0, 0.1) is 0 Å². The maximum absolute atomic E-state index is 13.3. The van der Waals surface area contributed by atoms with Gasteiger partial charge in [0.15, 0.2) is 0 Å². The molecule has 2 aliphatic heterocycles. The van der Waals surface area contributed by atoms with Gasteiger partial charge in [0, 0.05) is 37.9 Å². The smallest absolute Gasteiger partial charge is 0.259 e. The first-order chi connectivity index (χ1) is 20.2. The van der Waals surface area contributed by atoms with E-state index in [2.05, 4.69) is 20.4 Å². The van der Waals surface area contributed by atoms with Crippen molar-refractivity contribution in [3.8, 4) is 11.5 Å². The summed E-state index contributed by atoms with van der Waals surface area (Å²) in [6.07, 6.45) is 6.91. The van der Waals surface area contributed by atoms with Crippen molar-refractivity contribution in [2.24, 2.45) is 0 Å². The summed E-state index contributed by atoms with van der Waals surface area (Å²) in [5, 5.41) is 27.7. The first-order valence-corrected chi connectivity index (χ1v) is 15.2. The number of hydrogen-bond donors (Lipinski definition) is 4. The molecule has 0 saturated carbocycles. The summed E-state index contributed by atoms with van der Waals surface area (Å²) in [5.74, 6) is 1.37. The molecule has 42 heavy (non-hydrogen) atoms. The van der Waals surface area contributed by atoms with Gasteiger partial charge in [0.25, 0.3) is 5.91 Å². The molecule has 1 aromatic heterocycles. The predicted octanol–water partition coefficient (Wildman–Crippen LogP) is 6.51. The van der Waals surface area contributed by atoms with E-state index in [1.165, 1.54) is 18.9 Å². The van der Waals surface area contributed by atoms with E-state index in [1.807, 2.05) is 33.8 Å². The molecule has 2 aliphatic rings. The molecule has 3 aromatic rings. The van der Waals surface area contributed by atoms with Crippen LogP contribution in [0.3, 0.4) is 0 Å². The van der Waals surface area contributed by atoms with Crippen LogP contribution >= 0.6 is 0 Å². The van der Waals surface area contributed by atoms with Gasteiger partial charge in [-0.2, -0.15) is 15.0 Å². The maximum Gasteiger partial charge on any atom is 0.259 e. The van der Waals surface area contributed by atoms with Crippen LogP contribution in [0.1, 0.15) is 99.5 Å². The molecule has 224 valence electrons. The van der Waals surface area contributed by atoms with E-state index in [-0.39, 0.29) is 34.6 Å². The zero-order valence-corrected chi connectivity index (χ0v) is 25.2. The number of carbonyl (C=O) groups excluding carboxylic acids is 1. The third-order valence-electron chi connectivity index (χ3n) is 8.09. The van der Waals surface area contributed by atoms with Crippen molar-refractivity contribution >= 4 is 35.1 Å². The van der Waals surface area contributed by atoms with Crippen LogP contribution in [0.25, 0.3) is 0 Å². The number of hydrogen-bond acceptors (Lipinski definition) is 9. The van der Waals surface area contributed by atoms with Gasteiger partial charge in [-0.3, -0.25) is 4.79 Å². The van der Waals surface area contributed by atoms with Gasteiger partial charge in [0.05, 0.1) is 11.3 Å². The highest BCUT2D eigenvalue weighted by Gasteiger charge is 2.22. The molecular formula is C32H43N7O3. The second-order valence-electron chi connectivity index (χ2n) is 12.0. The summed E-state index contributed by atoms with van der Waals surface area (Å²) in [7, 11) is 0. The number of benzene rings is 2. The SMILES string of the molecule is CC(C)c1cc(C(=O)Nc2ccc(Nc3nc(N4CCCCC4)nc(N4CCCCC4)n3)cc2O)c(O)c(C(C)C)c1. The molecule has 0 radical (unpaired) electrons. The van der Waals surface area contributed by atoms with E-state index in [0.29, 0.717) is 23.5 Å². The van der Waals surface area contributed by atoms with E-state index in [9.17, 15) is 15.0 Å². The molecule has 2 saturated heterocycles. The normalized spacial score (nSPS) is 15.8. The standard InChI is InChI=1S/C32H43N7O3/c1-20(2)22-17-24(21(3)4)28(41)25(18-22)29(42)34-26-12-11-23(19-27(26)40)33-30-35-31(38-13-7-5-8-14-38)37-32(36-30)39-15-9-6-10-16-39/h11-12,17-21,40-41H,5-10,13-16H2,1-4H3,(H,34,42)(H,33,35,36,37). The fourth-order valence-corrected chi connectivity index (χ4v) is 5.54. The van der Waals surface area contributed by atoms with Gasteiger partial charge in [-0.15, -0.1) is 0 Å². The van der Waals surface area contributed by atoms with E-state index in [0.717, 1.165) is 63.0 Å². The van der Waals surface area contributed by atoms with Crippen LogP contribution in [-0.2, 0) is 0 Å². The van der Waals surface area contributed by atoms with Crippen LogP contribution < -0.4 is 20.4 Å². The van der Waals surface area contributed by atoms with Gasteiger partial charge in [0.1, 0.15) is 11.5 Å². The number of phenolic OH excluding ortho intramolecular Hbond substituents is 2. The highest BCUT2D eigenvalue weighted by Crippen LogP contribution is 2.35. The number of piperidine rings is 2. The van der Waals surface area contributed by atoms with Gasteiger partial charge in [-0.1, -0.05) is 33.8 Å². The Labute approximate surface area is 248 Å². The Balaban J connectivity index is 1.37. The molecule has 0 aliphatic carbocycles. The lowest BCUT2D eigenvalue weighted by Crippen LogP contribution is -2.34. The lowest BCUT2D eigenvalue weighted by molar-refractivity contribution is 0.102. The number of aromatic nitrogens is 3. The first kappa shape index (κ1) is 29.4. The fraction of sp³-hybridized carbons (Fsp3) is 0.500. The molecule has 2 fully saturated rings. The van der Waals surface area contributed by atoms with Crippen molar-refractivity contribution in [2.75, 3.05) is 46.6 Å². The van der Waals surface area contributed by atoms with Gasteiger partial charge < -0.3 is 30.6 Å². The Bertz CT molecular complexity index is 1380. The monoisotopic (exact) mass is 573 g/mol. The number of carbonyl (C=O) groups is 1. The van der Waals surface area contributed by atoms with Gasteiger partial charge >= 0.3 is 0 Å². The van der Waals surface area contributed by atoms with Crippen molar-refractivity contribution in [3.05, 3.63) is 47.0 Å². The lowest BCUT2D eigenvalue weighted by atomic mass is 9.91. The summed E-state index contributed by atoms with van der Waals surface area (Å²) in [6, 6.07) is 8.58. The number of nitrogens with one attached hydrogen (secondary N) is 2. The summed E-state index contributed by atoms with van der Waals surface area (Å²) in [5.41, 5.74) is 2.70. The van der Waals surface area contributed by atoms with Crippen LogP contribution in [0.4, 0.5) is 29.2 Å². The summed E-state index contributed by atoms with van der Waals surface area (Å²) in [4.78, 5) is 32.0. The zero-order chi connectivity index (χ0) is 29.8. The van der Waals surface area contributed by atoms with Gasteiger partial charge in [-0.25, -0.2) is 0 Å². The Kier molecular flexibility index (Phi) is 8.99. The summed E-state index contributed by atoms with van der Waals surface area (Å²) >= 11 is 0. The van der Waals surface area contributed by atoms with E-state index >= 15 is 0 Å². The van der Waals surface area contributed by atoms with Crippen LogP contribution in [0.5, 0.6) is 11.5 Å². The molecule has 0 unspecified atom stereocenters. The minimum absolute atomic E-state index is 0.0338. The number of phenols is 2. The highest BCUT2D eigenvalue weighted by atomic mass is 16.3. The predicted molar refractivity (Wildman–Crippen MR) is 168 cm³/mol. The number of amides is 1. The van der Waals surface area contributed by atoms with E-state index < -0.39 is 5.91 Å². The molecule has 3 heterocycles. The van der Waals surface area contributed by atoms with Crippen LogP contribution in [0.15, 0.2) is 30.3 Å². The minimum atomic E-state index is -0.484. The van der Waals surface area contributed by atoms with Crippen molar-refractivity contribution in [3.63, 3.8) is 0 Å². The molecule has 1 amide bonds. The number of rotatable bonds is 8. The number of nitrogens with zero attached hydrogens (tertiary/aromatic N) is 5. The molecule has 2 aromatic carbocycles. The van der Waals surface area contributed by atoms with Crippen LogP contribution in [-0.4, -0.2) is 57.3 Å². The lowest BCUT2D eigenvalue weighted by Gasteiger charge is -2.30. The van der Waals surface area contributed by atoms with Gasteiger partial charge in [-0.05, 0) is 79.7 Å². The Hall–Kier alpha value is -4.08. The molecule has 0 spiro atoms. The Morgan fingerprint density at radius 1 is 0.786 bits per heavy atom. The average Bonchev–Trinajstić information content (AvgIpc) is 2.99. The second-order valence-corrected chi connectivity index (χ2v) is 12.0. The molecule has 0 bridgehead atoms. The topological polar surface area (TPSA) is 127 Å². The molecule has 4 N–H and O–H groups in total.